The van der Waals surface area contributed by atoms with Gasteiger partial charge < -0.3 is 10.8 Å². The van der Waals surface area contributed by atoms with Gasteiger partial charge in [-0.25, -0.2) is 8.42 Å². The van der Waals surface area contributed by atoms with Gasteiger partial charge in [-0.1, -0.05) is 12.1 Å². The van der Waals surface area contributed by atoms with Crippen LogP contribution >= 0.6 is 0 Å². The first-order valence-corrected chi connectivity index (χ1v) is 7.26. The monoisotopic (exact) mass is 270 g/mol. The Morgan fingerprint density at radius 1 is 1.44 bits per heavy atom. The van der Waals surface area contributed by atoms with E-state index in [4.69, 9.17) is 5.73 Å². The maximum atomic E-state index is 12.5. The van der Waals surface area contributed by atoms with Crippen LogP contribution in [0.4, 0.5) is 5.69 Å². The molecule has 1 aromatic rings. The van der Waals surface area contributed by atoms with E-state index in [1.165, 1.54) is 4.31 Å². The van der Waals surface area contributed by atoms with Crippen molar-refractivity contribution in [2.75, 3.05) is 18.8 Å². The molecule has 1 fully saturated rings. The average Bonchev–Trinajstić information content (AvgIpc) is 2.59. The molecule has 1 saturated heterocycles. The third kappa shape index (κ3) is 2.23. The Labute approximate surface area is 107 Å². The van der Waals surface area contributed by atoms with Gasteiger partial charge in [0.15, 0.2) is 0 Å². The van der Waals surface area contributed by atoms with Crippen LogP contribution in [0.15, 0.2) is 23.1 Å². The van der Waals surface area contributed by atoms with E-state index in [1.54, 1.807) is 32.0 Å². The highest BCUT2D eigenvalue weighted by molar-refractivity contribution is 7.89. The van der Waals surface area contributed by atoms with Gasteiger partial charge in [-0.2, -0.15) is 4.31 Å². The van der Waals surface area contributed by atoms with Gasteiger partial charge in [0.1, 0.15) is 4.90 Å². The molecule has 1 aromatic carbocycles. The minimum Gasteiger partial charge on any atom is -0.398 e. The smallest absolute Gasteiger partial charge is 0.245 e. The molecule has 1 aliphatic rings. The van der Waals surface area contributed by atoms with E-state index in [0.717, 1.165) is 0 Å². The number of hydrogen-bond acceptors (Lipinski definition) is 4. The summed E-state index contributed by atoms with van der Waals surface area (Å²) < 4.78 is 26.3. The van der Waals surface area contributed by atoms with Gasteiger partial charge in [0.2, 0.25) is 10.0 Å². The predicted octanol–water partition coefficient (Wildman–Crippen LogP) is 0.723. The van der Waals surface area contributed by atoms with Crippen LogP contribution in [0.5, 0.6) is 0 Å². The number of rotatable bonds is 2. The van der Waals surface area contributed by atoms with Crippen molar-refractivity contribution in [3.05, 3.63) is 23.8 Å². The molecule has 1 atom stereocenters. The van der Waals surface area contributed by atoms with E-state index in [-0.39, 0.29) is 17.1 Å². The van der Waals surface area contributed by atoms with Crippen molar-refractivity contribution in [2.45, 2.75) is 30.8 Å². The number of benzene rings is 1. The van der Waals surface area contributed by atoms with Crippen molar-refractivity contribution in [1.82, 2.24) is 4.31 Å². The molecule has 3 N–H and O–H groups in total. The Morgan fingerprint density at radius 2 is 2.11 bits per heavy atom. The lowest BCUT2D eigenvalue weighted by molar-refractivity contribution is 0.0762. The summed E-state index contributed by atoms with van der Waals surface area (Å²) >= 11 is 0. The number of sulfonamides is 1. The fraction of sp³-hybridized carbons (Fsp3) is 0.500. The zero-order chi connectivity index (χ0) is 13.6. The summed E-state index contributed by atoms with van der Waals surface area (Å²) in [6.07, 6.45) is 0.442. The lowest BCUT2D eigenvalue weighted by Gasteiger charge is -2.20. The highest BCUT2D eigenvalue weighted by atomic mass is 32.2. The first kappa shape index (κ1) is 13.3. The molecule has 0 spiro atoms. The van der Waals surface area contributed by atoms with E-state index in [0.29, 0.717) is 18.5 Å². The molecule has 0 saturated carbocycles. The Bertz CT molecular complexity index is 546. The Kier molecular flexibility index (Phi) is 3.12. The molecule has 1 heterocycles. The Balaban J connectivity index is 2.44. The van der Waals surface area contributed by atoms with Crippen LogP contribution in [0.25, 0.3) is 0 Å². The van der Waals surface area contributed by atoms with E-state index >= 15 is 0 Å². The van der Waals surface area contributed by atoms with Gasteiger partial charge in [0, 0.05) is 13.1 Å². The van der Waals surface area contributed by atoms with Crippen molar-refractivity contribution in [3.8, 4) is 0 Å². The summed E-state index contributed by atoms with van der Waals surface area (Å²) in [5.74, 6) is 0. The van der Waals surface area contributed by atoms with Crippen LogP contribution in [0.1, 0.15) is 18.9 Å². The molecule has 0 radical (unpaired) electrons. The van der Waals surface area contributed by atoms with Crippen molar-refractivity contribution in [2.24, 2.45) is 0 Å². The molecule has 1 unspecified atom stereocenters. The van der Waals surface area contributed by atoms with Crippen LogP contribution in [-0.2, 0) is 10.0 Å². The maximum Gasteiger partial charge on any atom is 0.245 e. The van der Waals surface area contributed by atoms with Gasteiger partial charge in [0.05, 0.1) is 11.3 Å². The van der Waals surface area contributed by atoms with Crippen LogP contribution in [-0.4, -0.2) is 36.5 Å². The number of aliphatic hydroxyl groups is 1. The summed E-state index contributed by atoms with van der Waals surface area (Å²) in [6.45, 7) is 3.80. The van der Waals surface area contributed by atoms with E-state index < -0.39 is 15.6 Å². The third-order valence-corrected chi connectivity index (χ3v) is 5.32. The quantitative estimate of drug-likeness (QED) is 0.776. The molecular weight excluding hydrogens is 252 g/mol. The van der Waals surface area contributed by atoms with Crippen LogP contribution in [0.2, 0.25) is 0 Å². The fourth-order valence-electron chi connectivity index (χ4n) is 2.27. The summed E-state index contributed by atoms with van der Waals surface area (Å²) in [6, 6.07) is 5.02. The lowest BCUT2D eigenvalue weighted by atomic mass is 10.1. The summed E-state index contributed by atoms with van der Waals surface area (Å²) in [5, 5.41) is 9.88. The van der Waals surface area contributed by atoms with Gasteiger partial charge in [0.25, 0.3) is 0 Å². The first-order valence-electron chi connectivity index (χ1n) is 5.82. The van der Waals surface area contributed by atoms with Crippen molar-refractivity contribution < 1.29 is 13.5 Å². The van der Waals surface area contributed by atoms with Gasteiger partial charge >= 0.3 is 0 Å². The highest BCUT2D eigenvalue weighted by Crippen LogP contribution is 2.31. The minimum absolute atomic E-state index is 0.114. The third-order valence-electron chi connectivity index (χ3n) is 3.26. The largest absolute Gasteiger partial charge is 0.398 e. The fourth-order valence-corrected chi connectivity index (χ4v) is 4.14. The molecule has 0 bridgehead atoms. The summed E-state index contributed by atoms with van der Waals surface area (Å²) in [5.41, 5.74) is 5.70. The minimum atomic E-state index is -3.62. The Morgan fingerprint density at radius 3 is 2.61 bits per heavy atom. The van der Waals surface area contributed by atoms with Crippen LogP contribution in [0, 0.1) is 6.92 Å². The molecule has 100 valence electrons. The molecule has 0 aromatic heterocycles. The van der Waals surface area contributed by atoms with Crippen LogP contribution in [0.3, 0.4) is 0 Å². The Hall–Kier alpha value is -1.11. The zero-order valence-corrected chi connectivity index (χ0v) is 11.4. The number of nitrogen functional groups attached to an aromatic ring is 1. The molecule has 5 nitrogen and oxygen atoms in total. The van der Waals surface area contributed by atoms with E-state index in [2.05, 4.69) is 0 Å². The topological polar surface area (TPSA) is 83.6 Å². The number of aryl methyl sites for hydroxylation is 1. The van der Waals surface area contributed by atoms with Crippen LogP contribution < -0.4 is 5.73 Å². The normalized spacial score (nSPS) is 25.5. The first-order chi connectivity index (χ1) is 8.24. The number of hydrogen-bond donors (Lipinski definition) is 2. The second-order valence-corrected chi connectivity index (χ2v) is 6.95. The van der Waals surface area contributed by atoms with Gasteiger partial charge in [-0.15, -0.1) is 0 Å². The molecule has 1 aliphatic heterocycles. The summed E-state index contributed by atoms with van der Waals surface area (Å²) in [4.78, 5) is 0.155. The summed E-state index contributed by atoms with van der Waals surface area (Å²) in [7, 11) is -3.62. The standard InChI is InChI=1S/C12H18N2O3S/c1-9-4-3-5-10(13)11(9)18(16,17)14-7-6-12(2,15)8-14/h3-5,15H,6-8,13H2,1-2H3. The van der Waals surface area contributed by atoms with E-state index in [9.17, 15) is 13.5 Å². The zero-order valence-electron chi connectivity index (χ0n) is 10.5. The molecular formula is C12H18N2O3S. The average molecular weight is 270 g/mol. The predicted molar refractivity (Wildman–Crippen MR) is 69.6 cm³/mol. The number of anilines is 1. The maximum absolute atomic E-state index is 12.5. The highest BCUT2D eigenvalue weighted by Gasteiger charge is 2.39. The molecule has 18 heavy (non-hydrogen) atoms. The number of nitrogens with two attached hydrogens (primary N) is 1. The van der Waals surface area contributed by atoms with Crippen molar-refractivity contribution >= 4 is 15.7 Å². The second kappa shape index (κ2) is 4.22. The molecule has 0 amide bonds. The molecule has 2 rings (SSSR count). The lowest BCUT2D eigenvalue weighted by Crippen LogP contribution is -2.34. The number of β-amino-alcohol motifs (C(OH)–C–C–N with tert-alkyl or cyclic N) is 1. The number of nitrogens with zero attached hydrogens (tertiary/aromatic N) is 1. The SMILES string of the molecule is Cc1cccc(N)c1S(=O)(=O)N1CCC(C)(O)C1. The van der Waals surface area contributed by atoms with Crippen molar-refractivity contribution in [3.63, 3.8) is 0 Å². The van der Waals surface area contributed by atoms with Gasteiger partial charge in [-0.3, -0.25) is 0 Å². The molecule has 0 aliphatic carbocycles. The van der Waals surface area contributed by atoms with E-state index in [1.807, 2.05) is 0 Å². The molecule has 6 heteroatoms. The van der Waals surface area contributed by atoms with Crippen molar-refractivity contribution in [1.29, 1.82) is 0 Å². The van der Waals surface area contributed by atoms with Gasteiger partial charge in [-0.05, 0) is 31.9 Å². The second-order valence-electron chi connectivity index (χ2n) is 5.08.